The molecule has 30 heavy (non-hydrogen) atoms. The summed E-state index contributed by atoms with van der Waals surface area (Å²) < 4.78 is 11.4. The third-order valence-corrected chi connectivity index (χ3v) is 6.70. The Bertz CT molecular complexity index is 714. The number of likely N-dealkylation sites (tertiary alicyclic amines) is 1. The minimum absolute atomic E-state index is 0.00509. The van der Waals surface area contributed by atoms with E-state index < -0.39 is 6.10 Å². The van der Waals surface area contributed by atoms with Crippen molar-refractivity contribution in [3.63, 3.8) is 0 Å². The van der Waals surface area contributed by atoms with Crippen LogP contribution in [0.1, 0.15) is 31.2 Å². The fourth-order valence-electron chi connectivity index (χ4n) is 5.21. The number of carbonyl (C=O) groups excluding carboxylic acids is 1. The van der Waals surface area contributed by atoms with E-state index in [0.29, 0.717) is 31.1 Å². The van der Waals surface area contributed by atoms with Crippen LogP contribution in [0.2, 0.25) is 0 Å². The van der Waals surface area contributed by atoms with Crippen LogP contribution in [0.25, 0.3) is 0 Å². The first-order valence-electron chi connectivity index (χ1n) is 11.3. The average Bonchev–Trinajstić information content (AvgIpc) is 3.14. The number of β-amino-alcohol motifs (C(OH)–C–C–N with tert-alkyl or cyclic N) is 1. The molecule has 2 N–H and O–H groups in total. The zero-order chi connectivity index (χ0) is 20.9. The van der Waals surface area contributed by atoms with Crippen LogP contribution < -0.4 is 14.8 Å². The Morgan fingerprint density at radius 1 is 1.17 bits per heavy atom. The number of aliphatic hydroxyl groups is 1. The number of benzene rings is 1. The van der Waals surface area contributed by atoms with Crippen molar-refractivity contribution in [3.05, 3.63) is 23.8 Å². The van der Waals surface area contributed by atoms with E-state index in [1.165, 1.54) is 44.3 Å². The zero-order valence-electron chi connectivity index (χ0n) is 18.0. The van der Waals surface area contributed by atoms with E-state index in [4.69, 9.17) is 9.47 Å². The van der Waals surface area contributed by atoms with E-state index in [9.17, 15) is 9.90 Å². The first-order valence-corrected chi connectivity index (χ1v) is 11.3. The summed E-state index contributed by atoms with van der Waals surface area (Å²) in [5.74, 6) is 3.10. The van der Waals surface area contributed by atoms with Crippen molar-refractivity contribution >= 4 is 5.91 Å². The van der Waals surface area contributed by atoms with Crippen LogP contribution in [0.4, 0.5) is 0 Å². The van der Waals surface area contributed by atoms with Gasteiger partial charge in [-0.1, -0.05) is 18.9 Å². The predicted molar refractivity (Wildman–Crippen MR) is 115 cm³/mol. The lowest BCUT2D eigenvalue weighted by Crippen LogP contribution is -2.50. The van der Waals surface area contributed by atoms with Gasteiger partial charge in [-0.05, 0) is 42.4 Å². The van der Waals surface area contributed by atoms with E-state index >= 15 is 0 Å². The third kappa shape index (κ3) is 5.45. The van der Waals surface area contributed by atoms with Gasteiger partial charge in [0.1, 0.15) is 12.7 Å². The van der Waals surface area contributed by atoms with Crippen LogP contribution in [0.15, 0.2) is 18.2 Å². The Hall–Kier alpha value is -1.83. The summed E-state index contributed by atoms with van der Waals surface area (Å²) in [5, 5.41) is 13.2. The number of methoxy groups -OCH3 is 1. The zero-order valence-corrected chi connectivity index (χ0v) is 18.0. The highest BCUT2D eigenvalue weighted by atomic mass is 16.5. The molecule has 166 valence electrons. The molecule has 7 heteroatoms. The van der Waals surface area contributed by atoms with E-state index in [0.717, 1.165) is 24.9 Å². The van der Waals surface area contributed by atoms with Crippen LogP contribution in [0.5, 0.6) is 11.5 Å². The summed E-state index contributed by atoms with van der Waals surface area (Å²) >= 11 is 0. The molecular weight excluding hydrogens is 382 g/mol. The van der Waals surface area contributed by atoms with Gasteiger partial charge in [0, 0.05) is 39.3 Å². The summed E-state index contributed by atoms with van der Waals surface area (Å²) in [4.78, 5) is 16.0. The summed E-state index contributed by atoms with van der Waals surface area (Å²) in [6.07, 6.45) is 4.88. The summed E-state index contributed by atoms with van der Waals surface area (Å²) in [6.45, 7) is 5.63. The Kier molecular flexibility index (Phi) is 7.12. The Morgan fingerprint density at radius 3 is 2.63 bits per heavy atom. The van der Waals surface area contributed by atoms with Gasteiger partial charge in [0.05, 0.1) is 13.7 Å². The maximum absolute atomic E-state index is 11.5. The molecular formula is C23H35N3O4. The van der Waals surface area contributed by atoms with Crippen molar-refractivity contribution in [2.45, 2.75) is 38.3 Å². The molecule has 3 aliphatic rings. The second kappa shape index (κ2) is 9.98. The molecule has 0 aromatic heterocycles. The smallest absolute Gasteiger partial charge is 0.234 e. The monoisotopic (exact) mass is 417 g/mol. The number of nitrogens with zero attached hydrogens (tertiary/aromatic N) is 2. The Labute approximate surface area is 179 Å². The molecule has 2 saturated heterocycles. The Morgan fingerprint density at radius 2 is 1.93 bits per heavy atom. The van der Waals surface area contributed by atoms with Gasteiger partial charge in [0.25, 0.3) is 0 Å². The van der Waals surface area contributed by atoms with Crippen molar-refractivity contribution < 1.29 is 19.4 Å². The summed E-state index contributed by atoms with van der Waals surface area (Å²) in [5.41, 5.74) is 1.21. The fourth-order valence-corrected chi connectivity index (χ4v) is 5.21. The molecule has 0 bridgehead atoms. The van der Waals surface area contributed by atoms with Crippen molar-refractivity contribution in [3.8, 4) is 11.5 Å². The average molecular weight is 418 g/mol. The van der Waals surface area contributed by atoms with Gasteiger partial charge < -0.3 is 19.9 Å². The molecule has 1 aromatic carbocycles. The number of aliphatic hydroxyl groups excluding tert-OH is 1. The maximum Gasteiger partial charge on any atom is 0.234 e. The quantitative estimate of drug-likeness (QED) is 0.668. The predicted octanol–water partition coefficient (Wildman–Crippen LogP) is 1.49. The van der Waals surface area contributed by atoms with Crippen molar-refractivity contribution in [2.24, 2.45) is 11.8 Å². The molecule has 3 fully saturated rings. The van der Waals surface area contributed by atoms with Gasteiger partial charge in [0.2, 0.25) is 5.91 Å². The van der Waals surface area contributed by atoms with Gasteiger partial charge in [-0.25, -0.2) is 0 Å². The third-order valence-electron chi connectivity index (χ3n) is 6.70. The van der Waals surface area contributed by atoms with E-state index in [1.807, 2.05) is 17.0 Å². The standard InChI is InChI=1S/C23H35N3O4/c1-29-21-7-6-17(11-26-12-18-4-2-3-5-19(18)13-26)10-22(21)30-16-20(27)14-25-9-8-24-23(28)15-25/h6-7,10,18-20,27H,2-5,8-9,11-16H2,1H3,(H,24,28)/t18-,19+,20?. The minimum Gasteiger partial charge on any atom is -0.493 e. The highest BCUT2D eigenvalue weighted by Crippen LogP contribution is 2.37. The lowest BCUT2D eigenvalue weighted by Gasteiger charge is -2.28. The van der Waals surface area contributed by atoms with Crippen molar-refractivity contribution in [1.29, 1.82) is 0 Å². The van der Waals surface area contributed by atoms with Crippen LogP contribution in [-0.2, 0) is 11.3 Å². The van der Waals surface area contributed by atoms with Gasteiger partial charge >= 0.3 is 0 Å². The minimum atomic E-state index is -0.661. The molecule has 7 nitrogen and oxygen atoms in total. The van der Waals surface area contributed by atoms with Gasteiger partial charge in [-0.2, -0.15) is 0 Å². The molecule has 1 aromatic rings. The number of hydrogen-bond acceptors (Lipinski definition) is 6. The molecule has 1 aliphatic carbocycles. The van der Waals surface area contributed by atoms with E-state index in [1.54, 1.807) is 7.11 Å². The highest BCUT2D eigenvalue weighted by molar-refractivity contribution is 5.78. The van der Waals surface area contributed by atoms with Gasteiger partial charge in [-0.15, -0.1) is 0 Å². The van der Waals surface area contributed by atoms with Gasteiger partial charge in [0.15, 0.2) is 11.5 Å². The SMILES string of the molecule is COc1ccc(CN2C[C@H]3CCCC[C@H]3C2)cc1OCC(O)CN1CCNC(=O)C1. The number of ether oxygens (including phenoxy) is 2. The first kappa shape index (κ1) is 21.4. The molecule has 0 radical (unpaired) electrons. The van der Waals surface area contributed by atoms with Crippen LogP contribution in [0, 0.1) is 11.8 Å². The van der Waals surface area contributed by atoms with Crippen LogP contribution in [-0.4, -0.2) is 79.9 Å². The molecule has 1 saturated carbocycles. The van der Waals surface area contributed by atoms with Crippen LogP contribution >= 0.6 is 0 Å². The number of nitrogens with one attached hydrogen (secondary N) is 1. The number of hydrogen-bond donors (Lipinski definition) is 2. The molecule has 3 atom stereocenters. The second-order valence-corrected chi connectivity index (χ2v) is 9.03. The molecule has 0 spiro atoms. The number of rotatable bonds is 8. The molecule has 4 rings (SSSR count). The molecule has 1 unspecified atom stereocenters. The highest BCUT2D eigenvalue weighted by Gasteiger charge is 2.34. The number of piperazine rings is 1. The maximum atomic E-state index is 11.5. The van der Waals surface area contributed by atoms with Crippen molar-refractivity contribution in [1.82, 2.24) is 15.1 Å². The second-order valence-electron chi connectivity index (χ2n) is 9.03. The Balaban J connectivity index is 1.31. The summed E-state index contributed by atoms with van der Waals surface area (Å²) in [7, 11) is 1.63. The first-order chi connectivity index (χ1) is 14.6. The van der Waals surface area contributed by atoms with Gasteiger partial charge in [-0.3, -0.25) is 14.6 Å². The van der Waals surface area contributed by atoms with E-state index in [2.05, 4.69) is 16.3 Å². The van der Waals surface area contributed by atoms with Crippen molar-refractivity contribution in [2.75, 3.05) is 53.0 Å². The number of fused-ring (bicyclic) bond motifs is 1. The molecule has 2 aliphatic heterocycles. The van der Waals surface area contributed by atoms with Crippen LogP contribution in [0.3, 0.4) is 0 Å². The topological polar surface area (TPSA) is 74.3 Å². The molecule has 2 heterocycles. The lowest BCUT2D eigenvalue weighted by atomic mass is 9.82. The number of carbonyl (C=O) groups is 1. The largest absolute Gasteiger partial charge is 0.493 e. The van der Waals surface area contributed by atoms with E-state index in [-0.39, 0.29) is 12.5 Å². The number of amides is 1. The lowest BCUT2D eigenvalue weighted by molar-refractivity contribution is -0.124. The summed E-state index contributed by atoms with van der Waals surface area (Å²) in [6, 6.07) is 6.10. The fraction of sp³-hybridized carbons (Fsp3) is 0.696. The molecule has 1 amide bonds. The normalized spacial score (nSPS) is 26.1.